The first-order valence-electron chi connectivity index (χ1n) is 6.13. The molecule has 2 aromatic carbocycles. The molecule has 4 nitrogen and oxygen atoms in total. The first kappa shape index (κ1) is 13.8. The molecule has 0 radical (unpaired) electrons. The second kappa shape index (κ2) is 5.57. The second-order valence-electron chi connectivity index (χ2n) is 4.67. The van der Waals surface area contributed by atoms with Gasteiger partial charge in [-0.25, -0.2) is 0 Å². The van der Waals surface area contributed by atoms with Crippen molar-refractivity contribution in [3.63, 3.8) is 0 Å². The van der Waals surface area contributed by atoms with Gasteiger partial charge in [-0.1, -0.05) is 18.2 Å². The van der Waals surface area contributed by atoms with Gasteiger partial charge in [-0.2, -0.15) is 0 Å². The first-order chi connectivity index (χ1) is 9.52. The van der Waals surface area contributed by atoms with E-state index in [1.165, 1.54) is 11.0 Å². The number of phenols is 1. The van der Waals surface area contributed by atoms with Gasteiger partial charge >= 0.3 is 0 Å². The molecule has 0 heterocycles. The van der Waals surface area contributed by atoms with Crippen LogP contribution in [0.5, 0.6) is 5.75 Å². The Kier molecular flexibility index (Phi) is 3.84. The molecular weight excluding hydrogens is 254 g/mol. The van der Waals surface area contributed by atoms with Crippen LogP contribution in [0.15, 0.2) is 42.5 Å². The summed E-state index contributed by atoms with van der Waals surface area (Å²) in [5, 5.41) is 9.68. The van der Waals surface area contributed by atoms with Gasteiger partial charge < -0.3 is 10.0 Å². The van der Waals surface area contributed by atoms with E-state index in [9.17, 15) is 14.7 Å². The van der Waals surface area contributed by atoms with E-state index >= 15 is 0 Å². The minimum atomic E-state index is -0.0595. The number of aromatic hydroxyl groups is 1. The fourth-order valence-corrected chi connectivity index (χ4v) is 1.89. The normalized spacial score (nSPS) is 10.1. The highest BCUT2D eigenvalue weighted by molar-refractivity contribution is 5.94. The Morgan fingerprint density at radius 3 is 2.15 bits per heavy atom. The van der Waals surface area contributed by atoms with Gasteiger partial charge in [-0.05, 0) is 35.4 Å². The zero-order valence-electron chi connectivity index (χ0n) is 11.3. The molecule has 0 spiro atoms. The highest BCUT2D eigenvalue weighted by Gasteiger charge is 2.08. The van der Waals surface area contributed by atoms with Crippen molar-refractivity contribution < 1.29 is 14.7 Å². The standard InChI is InChI=1S/C16H15NO3/c1-17(2)16(20)12-5-3-11(4-6-12)13-7-8-14(10-18)15(19)9-13/h3-10,19H,1-2H3. The Labute approximate surface area is 117 Å². The van der Waals surface area contributed by atoms with Gasteiger partial charge in [0, 0.05) is 19.7 Å². The lowest BCUT2D eigenvalue weighted by Crippen LogP contribution is -2.21. The SMILES string of the molecule is CN(C)C(=O)c1ccc(-c2ccc(C=O)c(O)c2)cc1. The van der Waals surface area contributed by atoms with Crippen LogP contribution in [-0.4, -0.2) is 36.3 Å². The summed E-state index contributed by atoms with van der Waals surface area (Å²) >= 11 is 0. The van der Waals surface area contributed by atoms with Crippen LogP contribution in [0.3, 0.4) is 0 Å². The van der Waals surface area contributed by atoms with Crippen molar-refractivity contribution >= 4 is 12.2 Å². The van der Waals surface area contributed by atoms with Crippen molar-refractivity contribution in [2.24, 2.45) is 0 Å². The molecule has 0 aliphatic carbocycles. The molecule has 0 atom stereocenters. The molecule has 0 aliphatic rings. The Balaban J connectivity index is 2.33. The van der Waals surface area contributed by atoms with Crippen molar-refractivity contribution in [1.29, 1.82) is 0 Å². The van der Waals surface area contributed by atoms with Crippen LogP contribution in [0.25, 0.3) is 11.1 Å². The fourth-order valence-electron chi connectivity index (χ4n) is 1.89. The number of nitrogens with zero attached hydrogens (tertiary/aromatic N) is 1. The molecule has 2 rings (SSSR count). The number of aldehydes is 1. The number of benzene rings is 2. The minimum absolute atomic E-state index is 0.0501. The highest BCUT2D eigenvalue weighted by atomic mass is 16.3. The third-order valence-electron chi connectivity index (χ3n) is 3.03. The molecular formula is C16H15NO3. The molecule has 4 heteroatoms. The van der Waals surface area contributed by atoms with Gasteiger partial charge in [-0.3, -0.25) is 9.59 Å². The first-order valence-corrected chi connectivity index (χ1v) is 6.13. The molecule has 0 saturated carbocycles. The molecule has 0 unspecified atom stereocenters. The lowest BCUT2D eigenvalue weighted by Gasteiger charge is -2.10. The van der Waals surface area contributed by atoms with Crippen molar-refractivity contribution in [2.45, 2.75) is 0 Å². The highest BCUT2D eigenvalue weighted by Crippen LogP contribution is 2.26. The van der Waals surface area contributed by atoms with Crippen LogP contribution < -0.4 is 0 Å². The largest absolute Gasteiger partial charge is 0.507 e. The summed E-state index contributed by atoms with van der Waals surface area (Å²) < 4.78 is 0. The summed E-state index contributed by atoms with van der Waals surface area (Å²) in [5.41, 5.74) is 2.52. The summed E-state index contributed by atoms with van der Waals surface area (Å²) in [6, 6.07) is 12.0. The molecule has 2 aromatic rings. The average molecular weight is 269 g/mol. The van der Waals surface area contributed by atoms with Crippen LogP contribution >= 0.6 is 0 Å². The number of phenolic OH excluding ortho intramolecular Hbond substituents is 1. The summed E-state index contributed by atoms with van der Waals surface area (Å²) in [6.45, 7) is 0. The van der Waals surface area contributed by atoms with E-state index in [2.05, 4.69) is 0 Å². The molecule has 0 bridgehead atoms. The van der Waals surface area contributed by atoms with Gasteiger partial charge in [0.1, 0.15) is 5.75 Å². The summed E-state index contributed by atoms with van der Waals surface area (Å²) in [7, 11) is 3.40. The molecule has 0 saturated heterocycles. The Hall–Kier alpha value is -2.62. The summed E-state index contributed by atoms with van der Waals surface area (Å²) in [6.07, 6.45) is 0.609. The Morgan fingerprint density at radius 2 is 1.65 bits per heavy atom. The maximum Gasteiger partial charge on any atom is 0.253 e. The van der Waals surface area contributed by atoms with Crippen LogP contribution in [0.2, 0.25) is 0 Å². The van der Waals surface area contributed by atoms with Crippen molar-refractivity contribution in [3.05, 3.63) is 53.6 Å². The smallest absolute Gasteiger partial charge is 0.253 e. The fraction of sp³-hybridized carbons (Fsp3) is 0.125. The van der Waals surface area contributed by atoms with Crippen LogP contribution in [0.4, 0.5) is 0 Å². The molecule has 20 heavy (non-hydrogen) atoms. The van der Waals surface area contributed by atoms with E-state index in [0.29, 0.717) is 11.8 Å². The van der Waals surface area contributed by atoms with Gasteiger partial charge in [-0.15, -0.1) is 0 Å². The minimum Gasteiger partial charge on any atom is -0.507 e. The predicted molar refractivity (Wildman–Crippen MR) is 76.9 cm³/mol. The quantitative estimate of drug-likeness (QED) is 0.871. The monoisotopic (exact) mass is 269 g/mol. The van der Waals surface area contributed by atoms with Gasteiger partial charge in [0.2, 0.25) is 0 Å². The predicted octanol–water partition coefficient (Wildman–Crippen LogP) is 2.57. The molecule has 0 aromatic heterocycles. The van der Waals surface area contributed by atoms with Gasteiger partial charge in [0.15, 0.2) is 6.29 Å². The zero-order chi connectivity index (χ0) is 14.7. The third kappa shape index (κ3) is 2.69. The third-order valence-corrected chi connectivity index (χ3v) is 3.03. The lowest BCUT2D eigenvalue weighted by molar-refractivity contribution is 0.0827. The Morgan fingerprint density at radius 1 is 1.05 bits per heavy atom. The number of hydrogen-bond donors (Lipinski definition) is 1. The van der Waals surface area contributed by atoms with E-state index in [4.69, 9.17) is 0 Å². The van der Waals surface area contributed by atoms with E-state index in [0.717, 1.165) is 11.1 Å². The van der Waals surface area contributed by atoms with Crippen molar-refractivity contribution in [1.82, 2.24) is 4.90 Å². The summed E-state index contributed by atoms with van der Waals surface area (Å²) in [4.78, 5) is 23.9. The summed E-state index contributed by atoms with van der Waals surface area (Å²) in [5.74, 6) is -0.110. The number of amides is 1. The van der Waals surface area contributed by atoms with E-state index in [-0.39, 0.29) is 17.2 Å². The lowest BCUT2D eigenvalue weighted by atomic mass is 10.0. The number of carbonyl (C=O) groups is 2. The van der Waals surface area contributed by atoms with Crippen molar-refractivity contribution in [2.75, 3.05) is 14.1 Å². The maximum atomic E-state index is 11.8. The molecule has 1 amide bonds. The van der Waals surface area contributed by atoms with Crippen LogP contribution in [0.1, 0.15) is 20.7 Å². The average Bonchev–Trinajstić information content (AvgIpc) is 2.46. The topological polar surface area (TPSA) is 57.6 Å². The zero-order valence-corrected chi connectivity index (χ0v) is 11.3. The number of rotatable bonds is 3. The van der Waals surface area contributed by atoms with Gasteiger partial charge in [0.05, 0.1) is 5.56 Å². The molecule has 1 N–H and O–H groups in total. The molecule has 0 aliphatic heterocycles. The van der Waals surface area contributed by atoms with Gasteiger partial charge in [0.25, 0.3) is 5.91 Å². The van der Waals surface area contributed by atoms with Crippen LogP contribution in [0, 0.1) is 0 Å². The number of hydrogen-bond acceptors (Lipinski definition) is 3. The van der Waals surface area contributed by atoms with E-state index < -0.39 is 0 Å². The van der Waals surface area contributed by atoms with Crippen molar-refractivity contribution in [3.8, 4) is 16.9 Å². The Bertz CT molecular complexity index is 645. The maximum absolute atomic E-state index is 11.8. The second-order valence-corrected chi connectivity index (χ2v) is 4.67. The molecule has 0 fully saturated rings. The van der Waals surface area contributed by atoms with Crippen LogP contribution in [-0.2, 0) is 0 Å². The molecule has 102 valence electrons. The van der Waals surface area contributed by atoms with E-state index in [1.54, 1.807) is 38.4 Å². The number of carbonyl (C=O) groups excluding carboxylic acids is 2. The van der Waals surface area contributed by atoms with E-state index in [1.807, 2.05) is 12.1 Å².